The summed E-state index contributed by atoms with van der Waals surface area (Å²) in [5.41, 5.74) is 8.77. The Balaban J connectivity index is 1.51. The monoisotopic (exact) mass is 614 g/mol. The van der Waals surface area contributed by atoms with E-state index < -0.39 is 0 Å². The van der Waals surface area contributed by atoms with Gasteiger partial charge in [-0.25, -0.2) is 4.57 Å². The van der Waals surface area contributed by atoms with Gasteiger partial charge in [0.2, 0.25) is 17.4 Å². The van der Waals surface area contributed by atoms with Gasteiger partial charge in [0.15, 0.2) is 5.69 Å². The van der Waals surface area contributed by atoms with Gasteiger partial charge in [0.25, 0.3) is 0 Å². The number of amides is 1. The fraction of sp³-hybridized carbons (Fsp3) is 0.441. The Morgan fingerprint density at radius 1 is 1.14 bits per heavy atom. The third-order valence-corrected chi connectivity index (χ3v) is 9.67. The van der Waals surface area contributed by atoms with Crippen LogP contribution >= 0.6 is 11.3 Å². The minimum absolute atomic E-state index is 0.0974. The number of fused-ring (bicyclic) bond motifs is 6. The van der Waals surface area contributed by atoms with Crippen LogP contribution in [0.15, 0.2) is 35.7 Å². The van der Waals surface area contributed by atoms with Gasteiger partial charge in [-0.05, 0) is 82.3 Å². The van der Waals surface area contributed by atoms with E-state index in [1.165, 1.54) is 30.8 Å². The molecule has 0 fully saturated rings. The lowest BCUT2D eigenvalue weighted by Crippen LogP contribution is -2.43. The van der Waals surface area contributed by atoms with Gasteiger partial charge in [-0.3, -0.25) is 9.59 Å². The van der Waals surface area contributed by atoms with Crippen molar-refractivity contribution in [2.75, 3.05) is 42.3 Å². The van der Waals surface area contributed by atoms with Crippen molar-refractivity contribution >= 4 is 45.4 Å². The van der Waals surface area contributed by atoms with Crippen LogP contribution in [0.1, 0.15) is 64.1 Å². The molecule has 3 aliphatic rings. The SMILES string of the molecule is COC(=O)CC1COc2c(cc3c4c2CCCN4CCC3)-c2c(NC(C)(C)C)n3c(-c4ccc(NC(C)=O)cc4)csc3[n+]21. The van der Waals surface area contributed by atoms with Gasteiger partial charge >= 0.3 is 10.9 Å². The smallest absolute Gasteiger partial charge is 0.348 e. The zero-order valence-electron chi connectivity index (χ0n) is 26.1. The van der Waals surface area contributed by atoms with Crippen molar-refractivity contribution in [3.8, 4) is 28.3 Å². The summed E-state index contributed by atoms with van der Waals surface area (Å²) in [6.07, 6.45) is 4.49. The Morgan fingerprint density at radius 3 is 2.59 bits per heavy atom. The van der Waals surface area contributed by atoms with Crippen molar-refractivity contribution in [1.29, 1.82) is 0 Å². The summed E-state index contributed by atoms with van der Waals surface area (Å²) in [6.45, 7) is 10.6. The second-order valence-corrected chi connectivity index (χ2v) is 14.0. The molecule has 2 N–H and O–H groups in total. The van der Waals surface area contributed by atoms with Crippen molar-refractivity contribution in [1.82, 2.24) is 4.40 Å². The van der Waals surface area contributed by atoms with Crippen LogP contribution in [0.3, 0.4) is 0 Å². The zero-order chi connectivity index (χ0) is 30.7. The van der Waals surface area contributed by atoms with Crippen molar-refractivity contribution in [2.24, 2.45) is 0 Å². The number of rotatable bonds is 5. The number of nitrogens with one attached hydrogen (secondary N) is 2. The molecule has 0 radical (unpaired) electrons. The molecule has 7 rings (SSSR count). The molecule has 2 aromatic heterocycles. The average Bonchev–Trinajstić information content (AvgIpc) is 3.49. The number of benzene rings is 2. The van der Waals surface area contributed by atoms with Crippen LogP contribution in [0.25, 0.3) is 27.5 Å². The highest BCUT2D eigenvalue weighted by Crippen LogP contribution is 2.49. The Labute approximate surface area is 261 Å². The first-order chi connectivity index (χ1) is 21.1. The molecular weight excluding hydrogens is 574 g/mol. The predicted octanol–water partition coefficient (Wildman–Crippen LogP) is 5.99. The number of hydrogen-bond donors (Lipinski definition) is 2. The number of carbonyl (C=O) groups is 2. The number of imidazole rings is 1. The summed E-state index contributed by atoms with van der Waals surface area (Å²) < 4.78 is 16.6. The molecule has 230 valence electrons. The molecule has 0 aliphatic carbocycles. The van der Waals surface area contributed by atoms with E-state index in [9.17, 15) is 9.59 Å². The summed E-state index contributed by atoms with van der Waals surface area (Å²) in [4.78, 5) is 28.0. The summed E-state index contributed by atoms with van der Waals surface area (Å²) in [6, 6.07) is 10.1. The Bertz CT molecular complexity index is 1780. The summed E-state index contributed by atoms with van der Waals surface area (Å²) in [5.74, 6) is 1.57. The first-order valence-corrected chi connectivity index (χ1v) is 16.4. The molecule has 0 spiro atoms. The van der Waals surface area contributed by atoms with Crippen LogP contribution < -0.4 is 24.8 Å². The Kier molecular flexibility index (Phi) is 7.07. The fourth-order valence-corrected chi connectivity index (χ4v) is 8.16. The van der Waals surface area contributed by atoms with Gasteiger partial charge < -0.3 is 25.0 Å². The van der Waals surface area contributed by atoms with Crippen molar-refractivity contribution in [3.63, 3.8) is 0 Å². The number of anilines is 3. The van der Waals surface area contributed by atoms with Gasteiger partial charge in [0.1, 0.15) is 18.4 Å². The number of carbonyl (C=O) groups excluding carboxylic acids is 2. The highest BCUT2D eigenvalue weighted by atomic mass is 32.1. The summed E-state index contributed by atoms with van der Waals surface area (Å²) in [7, 11) is 1.45. The van der Waals surface area contributed by atoms with E-state index in [1.807, 2.05) is 24.3 Å². The molecule has 1 amide bonds. The van der Waals surface area contributed by atoms with Crippen molar-refractivity contribution in [2.45, 2.75) is 71.4 Å². The molecule has 0 saturated carbocycles. The molecule has 44 heavy (non-hydrogen) atoms. The summed E-state index contributed by atoms with van der Waals surface area (Å²) in [5, 5.41) is 8.91. The number of nitrogens with zero attached hydrogens (tertiary/aromatic N) is 3. The second-order valence-electron chi connectivity index (χ2n) is 13.1. The predicted molar refractivity (Wildman–Crippen MR) is 174 cm³/mol. The highest BCUT2D eigenvalue weighted by molar-refractivity contribution is 7.15. The minimum Gasteiger partial charge on any atom is -0.488 e. The van der Waals surface area contributed by atoms with Crippen LogP contribution in [-0.4, -0.2) is 48.6 Å². The number of aryl methyl sites for hydroxylation is 1. The highest BCUT2D eigenvalue weighted by Gasteiger charge is 2.43. The first-order valence-electron chi connectivity index (χ1n) is 15.5. The third-order valence-electron chi connectivity index (χ3n) is 8.74. The number of esters is 1. The molecule has 10 heteroatoms. The molecule has 9 nitrogen and oxygen atoms in total. The van der Waals surface area contributed by atoms with E-state index >= 15 is 0 Å². The van der Waals surface area contributed by atoms with Gasteiger partial charge in [0, 0.05) is 53.4 Å². The number of hydrogen-bond acceptors (Lipinski definition) is 7. The lowest BCUT2D eigenvalue weighted by molar-refractivity contribution is -0.684. The van der Waals surface area contributed by atoms with Gasteiger partial charge in [-0.2, -0.15) is 4.40 Å². The van der Waals surface area contributed by atoms with Crippen LogP contribution in [0, 0.1) is 0 Å². The lowest BCUT2D eigenvalue weighted by atomic mass is 9.88. The molecule has 5 heterocycles. The van der Waals surface area contributed by atoms with Crippen LogP contribution in [0.5, 0.6) is 5.75 Å². The van der Waals surface area contributed by atoms with Crippen molar-refractivity contribution < 1.29 is 23.6 Å². The molecule has 0 bridgehead atoms. The fourth-order valence-electron chi connectivity index (χ4n) is 7.06. The van der Waals surface area contributed by atoms with E-state index in [2.05, 4.69) is 56.7 Å². The average molecular weight is 615 g/mol. The first kappa shape index (κ1) is 28.7. The third kappa shape index (κ3) is 4.89. The van der Waals surface area contributed by atoms with Gasteiger partial charge in [-0.1, -0.05) is 11.3 Å². The van der Waals surface area contributed by atoms with Gasteiger partial charge in [0.05, 0.1) is 19.1 Å². The standard InChI is InChI=1S/C34H39N5O4S/c1-20(40)35-23-12-10-21(11-13-23)27-19-44-33-38-24(17-28(41)42-5)18-43-31-25-9-7-15-37-14-6-8-22(29(25)37)16-26(31)30(38)32(39(27)33)36-34(2,3)4/h10-13,16,19,24,36H,6-9,14-15,17-18H2,1-5H3/p+1. The largest absolute Gasteiger partial charge is 0.488 e. The van der Waals surface area contributed by atoms with Crippen molar-refractivity contribution in [3.05, 3.63) is 46.8 Å². The van der Waals surface area contributed by atoms with E-state index in [0.717, 1.165) is 83.5 Å². The molecule has 3 aliphatic heterocycles. The second kappa shape index (κ2) is 10.8. The number of aromatic nitrogens is 2. The lowest BCUT2D eigenvalue weighted by Gasteiger charge is -2.38. The molecule has 4 aromatic rings. The molecule has 1 unspecified atom stereocenters. The maximum Gasteiger partial charge on any atom is 0.348 e. The normalized spacial score (nSPS) is 17.2. The molecule has 2 aromatic carbocycles. The van der Waals surface area contributed by atoms with Crippen LogP contribution in [-0.2, 0) is 27.2 Å². The molecule has 0 saturated heterocycles. The Hall–Kier alpha value is -4.05. The maximum atomic E-state index is 12.8. The van der Waals surface area contributed by atoms with E-state index in [1.54, 1.807) is 11.3 Å². The maximum absolute atomic E-state index is 12.8. The van der Waals surface area contributed by atoms with Gasteiger partial charge in [-0.15, -0.1) is 0 Å². The van der Waals surface area contributed by atoms with E-state index in [4.69, 9.17) is 9.47 Å². The quantitative estimate of drug-likeness (QED) is 0.212. The number of ether oxygens (including phenoxy) is 2. The topological polar surface area (TPSA) is 88.2 Å². The minimum atomic E-state index is -0.259. The Morgan fingerprint density at radius 2 is 1.89 bits per heavy atom. The summed E-state index contributed by atoms with van der Waals surface area (Å²) >= 11 is 1.66. The number of methoxy groups -OCH3 is 1. The van der Waals surface area contributed by atoms with Crippen LogP contribution in [0.2, 0.25) is 0 Å². The van der Waals surface area contributed by atoms with E-state index in [0.29, 0.717) is 6.61 Å². The number of thiazole rings is 1. The van der Waals surface area contributed by atoms with Crippen LogP contribution in [0.4, 0.5) is 17.2 Å². The van der Waals surface area contributed by atoms with E-state index in [-0.39, 0.29) is 29.9 Å². The molecule has 1 atom stereocenters. The molecular formula is C34H40N5O4S+. The zero-order valence-corrected chi connectivity index (χ0v) is 26.9.